The van der Waals surface area contributed by atoms with Crippen LogP contribution in [0.3, 0.4) is 0 Å². The van der Waals surface area contributed by atoms with Gasteiger partial charge in [-0.05, 0) is 56.2 Å². The highest BCUT2D eigenvalue weighted by Gasteiger charge is 2.20. The summed E-state index contributed by atoms with van der Waals surface area (Å²) in [6.45, 7) is 9.44. The SMILES string of the molecule is Cc1cccc(C)c1NC(=O)CNC(=O)[C@H](C)Sc1nnnn1C(C)C. The summed E-state index contributed by atoms with van der Waals surface area (Å²) in [6, 6.07) is 5.90. The second kappa shape index (κ2) is 8.79. The van der Waals surface area contributed by atoms with E-state index < -0.39 is 5.25 Å². The molecule has 0 saturated heterocycles. The minimum atomic E-state index is -0.425. The molecule has 0 unspecified atom stereocenters. The molecule has 0 aliphatic rings. The van der Waals surface area contributed by atoms with Gasteiger partial charge >= 0.3 is 0 Å². The van der Waals surface area contributed by atoms with Gasteiger partial charge in [0.1, 0.15) is 0 Å². The highest BCUT2D eigenvalue weighted by Crippen LogP contribution is 2.22. The molecule has 140 valence electrons. The van der Waals surface area contributed by atoms with Crippen LogP contribution in [-0.4, -0.2) is 43.8 Å². The molecule has 1 atom stereocenters. The van der Waals surface area contributed by atoms with Gasteiger partial charge in [0.15, 0.2) is 0 Å². The van der Waals surface area contributed by atoms with E-state index in [4.69, 9.17) is 0 Å². The molecule has 0 spiro atoms. The fourth-order valence-corrected chi connectivity index (χ4v) is 3.25. The Morgan fingerprint density at radius 1 is 1.19 bits per heavy atom. The van der Waals surface area contributed by atoms with Crippen LogP contribution in [0.25, 0.3) is 0 Å². The summed E-state index contributed by atoms with van der Waals surface area (Å²) in [4.78, 5) is 24.4. The molecule has 0 aliphatic carbocycles. The number of hydrogen-bond donors (Lipinski definition) is 2. The topological polar surface area (TPSA) is 102 Å². The van der Waals surface area contributed by atoms with Crippen LogP contribution < -0.4 is 10.6 Å². The van der Waals surface area contributed by atoms with E-state index >= 15 is 0 Å². The van der Waals surface area contributed by atoms with Crippen LogP contribution in [0, 0.1) is 13.8 Å². The van der Waals surface area contributed by atoms with E-state index in [0.29, 0.717) is 5.16 Å². The van der Waals surface area contributed by atoms with Gasteiger partial charge in [-0.1, -0.05) is 30.0 Å². The van der Waals surface area contributed by atoms with Crippen LogP contribution in [-0.2, 0) is 9.59 Å². The fraction of sp³-hybridized carbons (Fsp3) is 0.471. The number of aromatic nitrogens is 4. The van der Waals surface area contributed by atoms with E-state index in [0.717, 1.165) is 16.8 Å². The number of thioether (sulfide) groups is 1. The zero-order valence-corrected chi connectivity index (χ0v) is 16.4. The first-order valence-electron chi connectivity index (χ1n) is 8.38. The Hall–Kier alpha value is -2.42. The number of carbonyl (C=O) groups excluding carboxylic acids is 2. The summed E-state index contributed by atoms with van der Waals surface area (Å²) in [5.74, 6) is -0.509. The molecule has 8 nitrogen and oxygen atoms in total. The normalized spacial score (nSPS) is 12.1. The van der Waals surface area contributed by atoms with E-state index in [1.165, 1.54) is 11.8 Å². The Bertz CT molecular complexity index is 769. The molecule has 2 aromatic rings. The maximum absolute atomic E-state index is 12.3. The lowest BCUT2D eigenvalue weighted by Gasteiger charge is -2.14. The van der Waals surface area contributed by atoms with Crippen molar-refractivity contribution < 1.29 is 9.59 Å². The maximum atomic E-state index is 12.3. The van der Waals surface area contributed by atoms with Gasteiger partial charge in [0.05, 0.1) is 17.8 Å². The first-order valence-corrected chi connectivity index (χ1v) is 9.25. The molecular weight excluding hydrogens is 352 g/mol. The van der Waals surface area contributed by atoms with Crippen LogP contribution in [0.4, 0.5) is 5.69 Å². The van der Waals surface area contributed by atoms with E-state index in [-0.39, 0.29) is 24.4 Å². The average Bonchev–Trinajstić information content (AvgIpc) is 3.04. The second-order valence-corrected chi connectivity index (χ2v) is 7.60. The van der Waals surface area contributed by atoms with Crippen molar-refractivity contribution >= 4 is 29.3 Å². The van der Waals surface area contributed by atoms with E-state index in [1.54, 1.807) is 11.6 Å². The number of para-hydroxylation sites is 1. The number of rotatable bonds is 7. The summed E-state index contributed by atoms with van der Waals surface area (Å²) in [7, 11) is 0. The molecule has 0 fully saturated rings. The number of aryl methyl sites for hydroxylation is 2. The van der Waals surface area contributed by atoms with Crippen LogP contribution in [0.15, 0.2) is 23.4 Å². The Morgan fingerprint density at radius 3 is 2.46 bits per heavy atom. The van der Waals surface area contributed by atoms with Crippen molar-refractivity contribution in [2.75, 3.05) is 11.9 Å². The van der Waals surface area contributed by atoms with Gasteiger partial charge in [-0.15, -0.1) is 5.10 Å². The van der Waals surface area contributed by atoms with E-state index in [1.807, 2.05) is 45.9 Å². The van der Waals surface area contributed by atoms with Crippen molar-refractivity contribution in [2.45, 2.75) is 51.1 Å². The number of nitrogens with one attached hydrogen (secondary N) is 2. The Kier molecular flexibility index (Phi) is 6.73. The Morgan fingerprint density at radius 2 is 1.85 bits per heavy atom. The number of amides is 2. The first kappa shape index (κ1) is 19.9. The highest BCUT2D eigenvalue weighted by atomic mass is 32.2. The molecule has 0 saturated carbocycles. The van der Waals surface area contributed by atoms with Crippen molar-refractivity contribution in [3.8, 4) is 0 Å². The number of carbonyl (C=O) groups is 2. The third-order valence-corrected chi connectivity index (χ3v) is 4.82. The Labute approximate surface area is 157 Å². The smallest absolute Gasteiger partial charge is 0.243 e. The largest absolute Gasteiger partial charge is 0.346 e. The average molecular weight is 376 g/mol. The van der Waals surface area contributed by atoms with E-state index in [2.05, 4.69) is 26.2 Å². The van der Waals surface area contributed by atoms with Crippen molar-refractivity contribution in [1.82, 2.24) is 25.5 Å². The van der Waals surface area contributed by atoms with Crippen LogP contribution in [0.2, 0.25) is 0 Å². The predicted octanol–water partition coefficient (Wildman–Crippen LogP) is 2.11. The molecule has 26 heavy (non-hydrogen) atoms. The number of nitrogens with zero attached hydrogens (tertiary/aromatic N) is 4. The van der Waals surface area contributed by atoms with Gasteiger partial charge in [0.25, 0.3) is 0 Å². The van der Waals surface area contributed by atoms with Crippen LogP contribution in [0.1, 0.15) is 37.9 Å². The first-order chi connectivity index (χ1) is 12.3. The van der Waals surface area contributed by atoms with Gasteiger partial charge < -0.3 is 10.6 Å². The number of benzene rings is 1. The molecule has 0 bridgehead atoms. The summed E-state index contributed by atoms with van der Waals surface area (Å²) < 4.78 is 1.65. The maximum Gasteiger partial charge on any atom is 0.243 e. The summed E-state index contributed by atoms with van der Waals surface area (Å²) >= 11 is 1.26. The lowest BCUT2D eigenvalue weighted by atomic mass is 10.1. The molecule has 1 aromatic carbocycles. The third-order valence-electron chi connectivity index (χ3n) is 3.77. The number of anilines is 1. The zero-order chi connectivity index (χ0) is 19.3. The zero-order valence-electron chi connectivity index (χ0n) is 15.6. The predicted molar refractivity (Wildman–Crippen MR) is 101 cm³/mol. The van der Waals surface area contributed by atoms with Gasteiger partial charge in [-0.2, -0.15) is 0 Å². The third kappa shape index (κ3) is 5.04. The van der Waals surface area contributed by atoms with E-state index in [9.17, 15) is 9.59 Å². The van der Waals surface area contributed by atoms with Gasteiger partial charge in [-0.25, -0.2) is 4.68 Å². The molecule has 0 aliphatic heterocycles. The minimum Gasteiger partial charge on any atom is -0.346 e. The molecular formula is C17H24N6O2S. The summed E-state index contributed by atoms with van der Waals surface area (Å²) in [5.41, 5.74) is 2.74. The molecule has 1 aromatic heterocycles. The number of tetrazole rings is 1. The summed E-state index contributed by atoms with van der Waals surface area (Å²) in [5, 5.41) is 17.1. The van der Waals surface area contributed by atoms with Crippen molar-refractivity contribution in [3.05, 3.63) is 29.3 Å². The fourth-order valence-electron chi connectivity index (χ4n) is 2.31. The standard InChI is InChI=1S/C17H24N6O2S/c1-10(2)23-17(20-21-22-23)26-13(5)16(25)18-9-14(24)19-15-11(3)7-6-8-12(15)4/h6-8,10,13H,9H2,1-5H3,(H,18,25)(H,19,24)/t13-/m0/s1. The van der Waals surface area contributed by atoms with Gasteiger partial charge in [0.2, 0.25) is 17.0 Å². The van der Waals surface area contributed by atoms with Gasteiger partial charge in [-0.3, -0.25) is 9.59 Å². The van der Waals surface area contributed by atoms with Crippen LogP contribution >= 0.6 is 11.8 Å². The molecule has 2 amide bonds. The molecule has 1 heterocycles. The lowest BCUT2D eigenvalue weighted by molar-refractivity contribution is -0.123. The second-order valence-electron chi connectivity index (χ2n) is 6.29. The highest BCUT2D eigenvalue weighted by molar-refractivity contribution is 8.00. The molecule has 0 radical (unpaired) electrons. The summed E-state index contributed by atoms with van der Waals surface area (Å²) in [6.07, 6.45) is 0. The van der Waals surface area contributed by atoms with Crippen molar-refractivity contribution in [1.29, 1.82) is 0 Å². The molecule has 9 heteroatoms. The molecule has 2 rings (SSSR count). The van der Waals surface area contributed by atoms with Crippen LogP contribution in [0.5, 0.6) is 0 Å². The van der Waals surface area contributed by atoms with Crippen molar-refractivity contribution in [3.63, 3.8) is 0 Å². The number of hydrogen-bond acceptors (Lipinski definition) is 6. The molecule has 2 N–H and O–H groups in total. The van der Waals surface area contributed by atoms with Gasteiger partial charge in [0, 0.05) is 5.69 Å². The minimum absolute atomic E-state index is 0.0906. The monoisotopic (exact) mass is 376 g/mol. The quantitative estimate of drug-likeness (QED) is 0.718. The lowest BCUT2D eigenvalue weighted by Crippen LogP contribution is -2.37. The van der Waals surface area contributed by atoms with Crippen molar-refractivity contribution in [2.24, 2.45) is 0 Å². The Balaban J connectivity index is 1.87.